The van der Waals surface area contributed by atoms with E-state index >= 15 is 0 Å². The smallest absolute Gasteiger partial charge is 0.324 e. The van der Waals surface area contributed by atoms with E-state index in [2.05, 4.69) is 5.32 Å². The molecule has 1 atom stereocenters. The van der Waals surface area contributed by atoms with Crippen LogP contribution in [0.3, 0.4) is 0 Å². The van der Waals surface area contributed by atoms with Crippen molar-refractivity contribution in [2.24, 2.45) is 0 Å². The van der Waals surface area contributed by atoms with E-state index in [4.69, 9.17) is 4.74 Å². The molecule has 1 unspecified atom stereocenters. The fraction of sp³-hybridized carbons (Fsp3) is 0.500. The summed E-state index contributed by atoms with van der Waals surface area (Å²) in [6.45, 7) is 4.54. The van der Waals surface area contributed by atoms with Gasteiger partial charge in [-0.3, -0.25) is 9.69 Å². The Morgan fingerprint density at radius 2 is 1.95 bits per heavy atom. The van der Waals surface area contributed by atoms with Crippen molar-refractivity contribution in [3.63, 3.8) is 0 Å². The lowest BCUT2D eigenvalue weighted by Gasteiger charge is -2.16. The molecule has 0 spiro atoms. The molecule has 0 aliphatic carbocycles. The molecule has 1 saturated heterocycles. The first-order chi connectivity index (χ1) is 10.5. The monoisotopic (exact) mass is 322 g/mol. The SMILES string of the molecule is CSCCC1NC(=O)N(CCOc2c(C)cccc2C)C1=O. The summed E-state index contributed by atoms with van der Waals surface area (Å²) in [5, 5.41) is 2.73. The van der Waals surface area contributed by atoms with Gasteiger partial charge in [-0.1, -0.05) is 18.2 Å². The van der Waals surface area contributed by atoms with Crippen molar-refractivity contribution in [2.45, 2.75) is 26.3 Å². The number of amides is 3. The zero-order chi connectivity index (χ0) is 16.1. The van der Waals surface area contributed by atoms with E-state index in [1.807, 2.05) is 38.3 Å². The average Bonchev–Trinajstić information content (AvgIpc) is 2.75. The van der Waals surface area contributed by atoms with Gasteiger partial charge in [-0.15, -0.1) is 0 Å². The summed E-state index contributed by atoms with van der Waals surface area (Å²) in [4.78, 5) is 25.3. The van der Waals surface area contributed by atoms with Crippen molar-refractivity contribution in [3.05, 3.63) is 29.3 Å². The number of benzene rings is 1. The molecular formula is C16H22N2O3S. The first-order valence-corrected chi connectivity index (χ1v) is 8.73. The molecular weight excluding hydrogens is 300 g/mol. The van der Waals surface area contributed by atoms with Gasteiger partial charge >= 0.3 is 6.03 Å². The first kappa shape index (κ1) is 16.7. The topological polar surface area (TPSA) is 58.6 Å². The lowest BCUT2D eigenvalue weighted by atomic mass is 10.1. The van der Waals surface area contributed by atoms with Gasteiger partial charge in [0.1, 0.15) is 18.4 Å². The lowest BCUT2D eigenvalue weighted by molar-refractivity contribution is -0.127. The number of rotatable bonds is 7. The quantitative estimate of drug-likeness (QED) is 0.783. The van der Waals surface area contributed by atoms with Gasteiger partial charge in [0.25, 0.3) is 5.91 Å². The van der Waals surface area contributed by atoms with Gasteiger partial charge in [0.15, 0.2) is 0 Å². The number of nitrogens with one attached hydrogen (secondary N) is 1. The van der Waals surface area contributed by atoms with Gasteiger partial charge in [0.2, 0.25) is 0 Å². The van der Waals surface area contributed by atoms with Crippen molar-refractivity contribution in [1.29, 1.82) is 0 Å². The predicted octanol–water partition coefficient (Wildman–Crippen LogP) is 2.36. The summed E-state index contributed by atoms with van der Waals surface area (Å²) in [7, 11) is 0. The molecule has 1 N–H and O–H groups in total. The number of aryl methyl sites for hydroxylation is 2. The minimum atomic E-state index is -0.389. The van der Waals surface area contributed by atoms with Crippen LogP contribution in [0, 0.1) is 13.8 Å². The Balaban J connectivity index is 1.89. The molecule has 3 amide bonds. The zero-order valence-corrected chi connectivity index (χ0v) is 14.0. The fourth-order valence-corrected chi connectivity index (χ4v) is 2.96. The normalized spacial score (nSPS) is 17.8. The number of carbonyl (C=O) groups is 2. The lowest BCUT2D eigenvalue weighted by Crippen LogP contribution is -2.35. The molecule has 1 aliphatic rings. The maximum atomic E-state index is 12.2. The third kappa shape index (κ3) is 3.74. The second-order valence-electron chi connectivity index (χ2n) is 5.34. The summed E-state index contributed by atoms with van der Waals surface area (Å²) < 4.78 is 5.76. The van der Waals surface area contributed by atoms with Crippen LogP contribution in [0.1, 0.15) is 17.5 Å². The number of imide groups is 1. The van der Waals surface area contributed by atoms with Gasteiger partial charge in [0.05, 0.1) is 6.54 Å². The summed E-state index contributed by atoms with van der Waals surface area (Å²) in [5.74, 6) is 1.53. The van der Waals surface area contributed by atoms with Gasteiger partial charge in [-0.25, -0.2) is 4.79 Å². The van der Waals surface area contributed by atoms with E-state index in [0.717, 1.165) is 22.6 Å². The molecule has 1 fully saturated rings. The van der Waals surface area contributed by atoms with E-state index in [-0.39, 0.29) is 24.5 Å². The second kappa shape index (κ2) is 7.54. The van der Waals surface area contributed by atoms with Crippen molar-refractivity contribution < 1.29 is 14.3 Å². The Bertz CT molecular complexity index is 542. The van der Waals surface area contributed by atoms with Crippen LogP contribution < -0.4 is 10.1 Å². The number of hydrogen-bond acceptors (Lipinski definition) is 4. The molecule has 0 saturated carbocycles. The largest absolute Gasteiger partial charge is 0.491 e. The molecule has 2 rings (SSSR count). The van der Waals surface area contributed by atoms with Crippen molar-refractivity contribution >= 4 is 23.7 Å². The highest BCUT2D eigenvalue weighted by Gasteiger charge is 2.37. The predicted molar refractivity (Wildman–Crippen MR) is 88.4 cm³/mol. The van der Waals surface area contributed by atoms with E-state index in [1.165, 1.54) is 4.90 Å². The number of carbonyl (C=O) groups excluding carboxylic acids is 2. The van der Waals surface area contributed by atoms with Crippen molar-refractivity contribution in [1.82, 2.24) is 10.2 Å². The van der Waals surface area contributed by atoms with Crippen molar-refractivity contribution in [3.8, 4) is 5.75 Å². The first-order valence-electron chi connectivity index (χ1n) is 7.34. The van der Waals surface area contributed by atoms with Gasteiger partial charge in [0, 0.05) is 0 Å². The molecule has 1 aromatic rings. The number of para-hydroxylation sites is 1. The molecule has 22 heavy (non-hydrogen) atoms. The summed E-state index contributed by atoms with van der Waals surface area (Å²) in [6.07, 6.45) is 2.65. The third-order valence-corrected chi connectivity index (χ3v) is 4.33. The molecule has 1 aromatic carbocycles. The Kier molecular flexibility index (Phi) is 5.71. The number of thioether (sulfide) groups is 1. The van der Waals surface area contributed by atoms with Crippen molar-refractivity contribution in [2.75, 3.05) is 25.2 Å². The number of hydrogen-bond donors (Lipinski definition) is 1. The third-order valence-electron chi connectivity index (χ3n) is 3.69. The Morgan fingerprint density at radius 3 is 2.59 bits per heavy atom. The number of ether oxygens (including phenoxy) is 1. The average molecular weight is 322 g/mol. The van der Waals surface area contributed by atoms with Crippen LogP contribution in [0.25, 0.3) is 0 Å². The molecule has 0 aromatic heterocycles. The highest BCUT2D eigenvalue weighted by Crippen LogP contribution is 2.22. The molecule has 1 aliphatic heterocycles. The minimum absolute atomic E-state index is 0.149. The highest BCUT2D eigenvalue weighted by atomic mass is 32.2. The van der Waals surface area contributed by atoms with Crippen LogP contribution in [-0.4, -0.2) is 48.0 Å². The molecule has 5 nitrogen and oxygen atoms in total. The Hall–Kier alpha value is -1.69. The van der Waals surface area contributed by atoms with E-state index < -0.39 is 0 Å². The Labute approximate surface area is 135 Å². The van der Waals surface area contributed by atoms with Gasteiger partial charge in [-0.05, 0) is 43.4 Å². The highest BCUT2D eigenvalue weighted by molar-refractivity contribution is 7.98. The molecule has 6 heteroatoms. The molecule has 0 radical (unpaired) electrons. The maximum absolute atomic E-state index is 12.2. The van der Waals surface area contributed by atoms with Crippen LogP contribution in [0.15, 0.2) is 18.2 Å². The maximum Gasteiger partial charge on any atom is 0.324 e. The van der Waals surface area contributed by atoms with E-state index in [0.29, 0.717) is 13.0 Å². The van der Waals surface area contributed by atoms with Gasteiger partial charge < -0.3 is 10.1 Å². The molecule has 0 bridgehead atoms. The Morgan fingerprint density at radius 1 is 1.27 bits per heavy atom. The van der Waals surface area contributed by atoms with E-state index in [9.17, 15) is 9.59 Å². The number of nitrogens with zero attached hydrogens (tertiary/aromatic N) is 1. The minimum Gasteiger partial charge on any atom is -0.491 e. The van der Waals surface area contributed by atoms with E-state index in [1.54, 1.807) is 11.8 Å². The van der Waals surface area contributed by atoms with Crippen LogP contribution in [0.2, 0.25) is 0 Å². The van der Waals surface area contributed by atoms with Crippen LogP contribution in [0.4, 0.5) is 4.79 Å². The zero-order valence-electron chi connectivity index (χ0n) is 13.2. The summed E-state index contributed by atoms with van der Waals surface area (Å²) >= 11 is 1.66. The van der Waals surface area contributed by atoms with Crippen LogP contribution >= 0.6 is 11.8 Å². The van der Waals surface area contributed by atoms with Crippen LogP contribution in [0.5, 0.6) is 5.75 Å². The molecule has 120 valence electrons. The van der Waals surface area contributed by atoms with Crippen LogP contribution in [-0.2, 0) is 4.79 Å². The summed E-state index contributed by atoms with van der Waals surface area (Å²) in [6, 6.07) is 5.23. The second-order valence-corrected chi connectivity index (χ2v) is 6.33. The standard InChI is InChI=1S/C16H22N2O3S/c1-11-5-4-6-12(2)14(11)21-9-8-18-15(19)13(7-10-22-3)17-16(18)20/h4-6,13H,7-10H2,1-3H3,(H,17,20). The van der Waals surface area contributed by atoms with Gasteiger partial charge in [-0.2, -0.15) is 11.8 Å². The fourth-order valence-electron chi connectivity index (χ4n) is 2.49. The molecule has 1 heterocycles. The number of urea groups is 1. The summed E-state index contributed by atoms with van der Waals surface area (Å²) in [5.41, 5.74) is 2.10.